The maximum absolute atomic E-state index is 12.4. The fourth-order valence-electron chi connectivity index (χ4n) is 2.90. The van der Waals surface area contributed by atoms with E-state index in [0.29, 0.717) is 32.4 Å². The number of aromatic nitrogens is 1. The lowest BCUT2D eigenvalue weighted by Gasteiger charge is -2.30. The molecule has 0 radical (unpaired) electrons. The van der Waals surface area contributed by atoms with Gasteiger partial charge in [0.05, 0.1) is 12.1 Å². The van der Waals surface area contributed by atoms with Crippen LogP contribution in [0.1, 0.15) is 24.1 Å². The molecule has 1 fully saturated rings. The molecule has 1 aliphatic heterocycles. The number of nitrogens with zero attached hydrogens (tertiary/aromatic N) is 2. The number of rotatable bonds is 4. The summed E-state index contributed by atoms with van der Waals surface area (Å²) in [6.07, 6.45) is 1.63. The molecule has 0 spiro atoms. The number of thiazole rings is 1. The van der Waals surface area contributed by atoms with Gasteiger partial charge in [0.15, 0.2) is 0 Å². The summed E-state index contributed by atoms with van der Waals surface area (Å²) in [6, 6.07) is 8.22. The molecule has 0 saturated carbocycles. The molecule has 3 rings (SSSR count). The second kappa shape index (κ2) is 7.13. The van der Waals surface area contributed by atoms with Crippen LogP contribution in [0.4, 0.5) is 0 Å². The summed E-state index contributed by atoms with van der Waals surface area (Å²) in [7, 11) is 0. The largest absolute Gasteiger partial charge is 0.369 e. The predicted octanol–water partition coefficient (Wildman–Crippen LogP) is 2.38. The quantitative estimate of drug-likeness (QED) is 0.926. The van der Waals surface area contributed by atoms with Crippen molar-refractivity contribution < 1.29 is 9.59 Å². The first-order valence-electron chi connectivity index (χ1n) is 8.11. The minimum atomic E-state index is -0.260. The molecule has 2 N–H and O–H groups in total. The molecule has 0 atom stereocenters. The van der Waals surface area contributed by atoms with Crippen molar-refractivity contribution in [1.82, 2.24) is 9.88 Å². The Kier molecular flexibility index (Phi) is 4.94. The zero-order valence-electron chi connectivity index (χ0n) is 13.7. The van der Waals surface area contributed by atoms with Gasteiger partial charge in [-0.3, -0.25) is 9.59 Å². The molecule has 1 aliphatic rings. The Morgan fingerprint density at radius 2 is 1.92 bits per heavy atom. The molecule has 0 bridgehead atoms. The van der Waals surface area contributed by atoms with E-state index in [-0.39, 0.29) is 17.7 Å². The molecule has 2 aromatic rings. The summed E-state index contributed by atoms with van der Waals surface area (Å²) < 4.78 is 0. The number of aryl methyl sites for hydroxylation is 1. The molecule has 1 aromatic heterocycles. The van der Waals surface area contributed by atoms with E-state index < -0.39 is 0 Å². The van der Waals surface area contributed by atoms with Crippen LogP contribution in [0.2, 0.25) is 0 Å². The van der Waals surface area contributed by atoms with Crippen molar-refractivity contribution in [2.75, 3.05) is 13.1 Å². The third-order valence-corrected chi connectivity index (χ3v) is 5.37. The highest BCUT2D eigenvalue weighted by Gasteiger charge is 2.26. The highest BCUT2D eigenvalue weighted by atomic mass is 32.1. The normalized spacial score (nSPS) is 15.5. The van der Waals surface area contributed by atoms with Crippen LogP contribution in [-0.4, -0.2) is 34.8 Å². The summed E-state index contributed by atoms with van der Waals surface area (Å²) >= 11 is 1.56. The number of nitrogens with two attached hydrogens (primary N) is 1. The molecule has 2 heterocycles. The van der Waals surface area contributed by atoms with Gasteiger partial charge in [-0.15, -0.1) is 11.3 Å². The number of piperidine rings is 1. The van der Waals surface area contributed by atoms with Crippen molar-refractivity contribution in [3.05, 3.63) is 40.9 Å². The van der Waals surface area contributed by atoms with Crippen LogP contribution in [0, 0.1) is 12.8 Å². The zero-order chi connectivity index (χ0) is 17.1. The van der Waals surface area contributed by atoms with Gasteiger partial charge in [-0.25, -0.2) is 4.98 Å². The number of carbonyl (C=O) groups excluding carboxylic acids is 2. The Labute approximate surface area is 145 Å². The van der Waals surface area contributed by atoms with E-state index in [1.165, 1.54) is 5.56 Å². The van der Waals surface area contributed by atoms with Crippen molar-refractivity contribution in [2.45, 2.75) is 26.2 Å². The predicted molar refractivity (Wildman–Crippen MR) is 94.5 cm³/mol. The van der Waals surface area contributed by atoms with Gasteiger partial charge < -0.3 is 10.6 Å². The third kappa shape index (κ3) is 3.82. The lowest BCUT2D eigenvalue weighted by Crippen LogP contribution is -2.42. The van der Waals surface area contributed by atoms with Crippen molar-refractivity contribution in [1.29, 1.82) is 0 Å². The van der Waals surface area contributed by atoms with E-state index in [9.17, 15) is 9.59 Å². The van der Waals surface area contributed by atoms with Crippen molar-refractivity contribution in [2.24, 2.45) is 11.7 Å². The first-order chi connectivity index (χ1) is 11.5. The standard InChI is InChI=1S/C18H21N3O2S/c1-12-2-4-14(5-3-12)18-20-15(11-24-18)10-16(22)21-8-6-13(7-9-21)17(19)23/h2-5,11,13H,6-10H2,1H3,(H2,19,23). The van der Waals surface area contributed by atoms with E-state index in [1.54, 1.807) is 11.3 Å². The van der Waals surface area contributed by atoms with Crippen LogP contribution in [-0.2, 0) is 16.0 Å². The van der Waals surface area contributed by atoms with Gasteiger partial charge in [-0.1, -0.05) is 29.8 Å². The Bertz CT molecular complexity index is 731. The van der Waals surface area contributed by atoms with Crippen LogP contribution in [0.15, 0.2) is 29.6 Å². The van der Waals surface area contributed by atoms with Crippen LogP contribution >= 0.6 is 11.3 Å². The van der Waals surface area contributed by atoms with E-state index in [2.05, 4.69) is 24.0 Å². The summed E-state index contributed by atoms with van der Waals surface area (Å²) in [5.74, 6) is -0.288. The van der Waals surface area contributed by atoms with E-state index in [0.717, 1.165) is 16.3 Å². The van der Waals surface area contributed by atoms with Crippen molar-refractivity contribution in [3.63, 3.8) is 0 Å². The molecule has 5 nitrogen and oxygen atoms in total. The second-order valence-corrected chi connectivity index (χ2v) is 7.10. The minimum absolute atomic E-state index is 0.0682. The van der Waals surface area contributed by atoms with Gasteiger partial charge in [-0.2, -0.15) is 0 Å². The number of primary amides is 1. The highest BCUT2D eigenvalue weighted by Crippen LogP contribution is 2.25. The summed E-state index contributed by atoms with van der Waals surface area (Å²) in [5.41, 5.74) is 8.42. The Balaban J connectivity index is 1.59. The average Bonchev–Trinajstić information content (AvgIpc) is 3.04. The summed E-state index contributed by atoms with van der Waals surface area (Å²) in [5, 5.41) is 2.88. The van der Waals surface area contributed by atoms with Crippen LogP contribution < -0.4 is 5.73 Å². The van der Waals surface area contributed by atoms with Gasteiger partial charge in [0.25, 0.3) is 0 Å². The Morgan fingerprint density at radius 1 is 1.25 bits per heavy atom. The number of carbonyl (C=O) groups is 2. The molecule has 2 amide bonds. The molecule has 6 heteroatoms. The molecule has 1 aromatic carbocycles. The SMILES string of the molecule is Cc1ccc(-c2nc(CC(=O)N3CCC(C(N)=O)CC3)cs2)cc1. The fraction of sp³-hybridized carbons (Fsp3) is 0.389. The van der Waals surface area contributed by atoms with Gasteiger partial charge in [-0.05, 0) is 19.8 Å². The van der Waals surface area contributed by atoms with E-state index in [1.807, 2.05) is 22.4 Å². The van der Waals surface area contributed by atoms with Gasteiger partial charge in [0, 0.05) is 30.0 Å². The monoisotopic (exact) mass is 343 g/mol. The lowest BCUT2D eigenvalue weighted by molar-refractivity contribution is -0.134. The number of hydrogen-bond acceptors (Lipinski definition) is 4. The Hall–Kier alpha value is -2.21. The second-order valence-electron chi connectivity index (χ2n) is 6.24. The van der Waals surface area contributed by atoms with Crippen LogP contribution in [0.3, 0.4) is 0 Å². The van der Waals surface area contributed by atoms with E-state index in [4.69, 9.17) is 5.73 Å². The van der Waals surface area contributed by atoms with Crippen molar-refractivity contribution in [3.8, 4) is 10.6 Å². The first kappa shape index (κ1) is 16.6. The minimum Gasteiger partial charge on any atom is -0.369 e. The molecule has 126 valence electrons. The molecule has 0 aliphatic carbocycles. The first-order valence-corrected chi connectivity index (χ1v) is 8.99. The van der Waals surface area contributed by atoms with Crippen LogP contribution in [0.5, 0.6) is 0 Å². The van der Waals surface area contributed by atoms with Crippen molar-refractivity contribution >= 4 is 23.2 Å². The maximum atomic E-state index is 12.4. The fourth-order valence-corrected chi connectivity index (χ4v) is 3.72. The Morgan fingerprint density at radius 3 is 2.54 bits per heavy atom. The third-order valence-electron chi connectivity index (χ3n) is 4.43. The number of likely N-dealkylation sites (tertiary alicyclic amines) is 1. The molecular weight excluding hydrogens is 322 g/mol. The molecular formula is C18H21N3O2S. The van der Waals surface area contributed by atoms with Gasteiger partial charge >= 0.3 is 0 Å². The van der Waals surface area contributed by atoms with Gasteiger partial charge in [0.1, 0.15) is 5.01 Å². The zero-order valence-corrected chi connectivity index (χ0v) is 14.5. The van der Waals surface area contributed by atoms with Gasteiger partial charge in [0.2, 0.25) is 11.8 Å². The van der Waals surface area contributed by atoms with E-state index >= 15 is 0 Å². The topological polar surface area (TPSA) is 76.3 Å². The molecule has 0 unspecified atom stereocenters. The molecule has 24 heavy (non-hydrogen) atoms. The number of amides is 2. The molecule has 1 saturated heterocycles. The maximum Gasteiger partial charge on any atom is 0.228 e. The average molecular weight is 343 g/mol. The smallest absolute Gasteiger partial charge is 0.228 e. The highest BCUT2D eigenvalue weighted by molar-refractivity contribution is 7.13. The number of benzene rings is 1. The lowest BCUT2D eigenvalue weighted by atomic mass is 9.96. The summed E-state index contributed by atoms with van der Waals surface area (Å²) in [4.78, 5) is 30.0. The number of hydrogen-bond donors (Lipinski definition) is 1. The summed E-state index contributed by atoms with van der Waals surface area (Å²) in [6.45, 7) is 3.25. The van der Waals surface area contributed by atoms with Crippen LogP contribution in [0.25, 0.3) is 10.6 Å².